The molecule has 0 saturated heterocycles. The van der Waals surface area contributed by atoms with Crippen LogP contribution in [0, 0.1) is 5.41 Å². The van der Waals surface area contributed by atoms with Crippen molar-refractivity contribution in [1.82, 2.24) is 20.1 Å². The lowest BCUT2D eigenvalue weighted by atomic mass is 9.85. The van der Waals surface area contributed by atoms with E-state index in [0.29, 0.717) is 5.11 Å². The molecule has 0 bridgehead atoms. The van der Waals surface area contributed by atoms with Gasteiger partial charge in [-0.15, -0.1) is 0 Å². The number of aromatic nitrogens is 1. The van der Waals surface area contributed by atoms with Crippen molar-refractivity contribution in [3.05, 3.63) is 145 Å². The Kier molecular flexibility index (Phi) is 10.6. The molecule has 1 saturated carbocycles. The zero-order valence-corrected chi connectivity index (χ0v) is 29.9. The van der Waals surface area contributed by atoms with Crippen molar-refractivity contribution in [2.24, 2.45) is 5.41 Å². The molecule has 6 heteroatoms. The molecular formula is C43H48N4OS. The number of thiocarbonyl (C=S) groups is 1. The van der Waals surface area contributed by atoms with Crippen molar-refractivity contribution in [3.63, 3.8) is 0 Å². The highest BCUT2D eigenvalue weighted by atomic mass is 32.1. The maximum atomic E-state index is 14.5. The number of nitrogens with one attached hydrogen (secondary N) is 2. The summed E-state index contributed by atoms with van der Waals surface area (Å²) < 4.78 is 2.52. The normalized spacial score (nSPS) is 16.9. The summed E-state index contributed by atoms with van der Waals surface area (Å²) in [5.74, 6) is -0.00214. The molecule has 4 aromatic carbocycles. The van der Waals surface area contributed by atoms with Crippen LogP contribution in [-0.2, 0) is 4.79 Å². The van der Waals surface area contributed by atoms with Gasteiger partial charge in [0.05, 0.1) is 12.1 Å². The molecule has 1 heterocycles. The van der Waals surface area contributed by atoms with Gasteiger partial charge in [0.15, 0.2) is 5.11 Å². The van der Waals surface area contributed by atoms with E-state index in [0.717, 1.165) is 36.8 Å². The fraction of sp³-hybridized carbons (Fsp3) is 0.302. The van der Waals surface area contributed by atoms with Crippen LogP contribution in [0.1, 0.15) is 69.7 Å². The second-order valence-corrected chi connectivity index (χ2v) is 14.7. The fourth-order valence-electron chi connectivity index (χ4n) is 7.31. The first kappa shape index (κ1) is 34.2. The Morgan fingerprint density at radius 2 is 1.16 bits per heavy atom. The van der Waals surface area contributed by atoms with E-state index >= 15 is 0 Å². The van der Waals surface area contributed by atoms with Crippen molar-refractivity contribution in [3.8, 4) is 22.5 Å². The molecule has 252 valence electrons. The molecule has 2 N–H and O–H groups in total. The number of likely N-dealkylation sites (N-methyl/N-ethyl adjacent to an activating group) is 1. The Hall–Kier alpha value is -4.68. The molecule has 49 heavy (non-hydrogen) atoms. The van der Waals surface area contributed by atoms with Crippen LogP contribution in [0.4, 0.5) is 0 Å². The molecule has 0 radical (unpaired) electrons. The summed E-state index contributed by atoms with van der Waals surface area (Å²) in [7, 11) is 1.91. The van der Waals surface area contributed by atoms with Gasteiger partial charge in [0.1, 0.15) is 6.04 Å². The highest BCUT2D eigenvalue weighted by molar-refractivity contribution is 7.80. The molecule has 5 nitrogen and oxygen atoms in total. The first-order valence-electron chi connectivity index (χ1n) is 17.5. The van der Waals surface area contributed by atoms with Crippen LogP contribution in [-0.4, -0.2) is 39.6 Å². The quantitative estimate of drug-likeness (QED) is 0.154. The molecular weight excluding hydrogens is 621 g/mol. The SMILES string of the molecule is CN(C(=O)[C@@H](NC(=S)N[C@@H]1CCCC[C@H]1n1c(-c2ccccc2)ccc1-c1ccccc1)C(C)(C)C)C(c1ccccc1)c1ccccc1. The third-order valence-corrected chi connectivity index (χ3v) is 10.0. The molecule has 0 spiro atoms. The van der Waals surface area contributed by atoms with Crippen LogP contribution in [0.25, 0.3) is 22.5 Å². The Morgan fingerprint density at radius 3 is 1.63 bits per heavy atom. The van der Waals surface area contributed by atoms with Gasteiger partial charge in [-0.1, -0.05) is 155 Å². The predicted molar refractivity (Wildman–Crippen MR) is 206 cm³/mol. The van der Waals surface area contributed by atoms with Crippen LogP contribution < -0.4 is 10.6 Å². The Balaban J connectivity index is 1.28. The predicted octanol–water partition coefficient (Wildman–Crippen LogP) is 9.43. The third kappa shape index (κ3) is 7.81. The van der Waals surface area contributed by atoms with Gasteiger partial charge in [0, 0.05) is 24.5 Å². The fourth-order valence-corrected chi connectivity index (χ4v) is 7.58. The van der Waals surface area contributed by atoms with Gasteiger partial charge >= 0.3 is 0 Å². The lowest BCUT2D eigenvalue weighted by Gasteiger charge is -2.40. The van der Waals surface area contributed by atoms with Crippen molar-refractivity contribution in [2.45, 2.75) is 70.6 Å². The molecule has 1 amide bonds. The standard InChI is InChI=1S/C43H48N4OS/c1-43(2,3)40(41(48)46(4)39(33-23-13-7-14-24-33)34-25-15-8-16-26-34)45-42(49)44-35-27-17-18-28-38(35)47-36(31-19-9-5-10-20-31)29-30-37(47)32-21-11-6-12-22-32/h5-16,19-26,29-30,35,38-40H,17-18,27-28H2,1-4H3,(H2,44,45,49)/t35-,38-,40-/m1/s1. The molecule has 0 unspecified atom stereocenters. The Morgan fingerprint density at radius 1 is 0.714 bits per heavy atom. The molecule has 0 aliphatic heterocycles. The number of carbonyl (C=O) groups excluding carboxylic acids is 1. The molecule has 1 aromatic heterocycles. The lowest BCUT2D eigenvalue weighted by Crippen LogP contribution is -2.58. The number of amides is 1. The number of nitrogens with zero attached hydrogens (tertiary/aromatic N) is 2. The topological polar surface area (TPSA) is 49.3 Å². The van der Waals surface area contributed by atoms with E-state index in [1.807, 2.05) is 48.3 Å². The molecule has 3 atom stereocenters. The van der Waals surface area contributed by atoms with Gasteiger partial charge in [-0.3, -0.25) is 4.79 Å². The second-order valence-electron chi connectivity index (χ2n) is 14.3. The molecule has 1 fully saturated rings. The monoisotopic (exact) mass is 668 g/mol. The maximum absolute atomic E-state index is 14.5. The van der Waals surface area contributed by atoms with Crippen LogP contribution in [0.2, 0.25) is 0 Å². The molecule has 6 rings (SSSR count). The van der Waals surface area contributed by atoms with E-state index in [2.05, 4.69) is 133 Å². The van der Waals surface area contributed by atoms with Crippen LogP contribution in [0.5, 0.6) is 0 Å². The van der Waals surface area contributed by atoms with Gasteiger partial charge in [0.25, 0.3) is 0 Å². The summed E-state index contributed by atoms with van der Waals surface area (Å²) in [6.45, 7) is 6.29. The maximum Gasteiger partial charge on any atom is 0.246 e. The summed E-state index contributed by atoms with van der Waals surface area (Å²) in [5.41, 5.74) is 6.53. The highest BCUT2D eigenvalue weighted by Crippen LogP contribution is 2.39. The summed E-state index contributed by atoms with van der Waals surface area (Å²) in [4.78, 5) is 16.4. The second kappa shape index (κ2) is 15.3. The van der Waals surface area contributed by atoms with Gasteiger partial charge in [0.2, 0.25) is 5.91 Å². The number of benzene rings is 4. The Labute approximate surface area is 297 Å². The zero-order chi connectivity index (χ0) is 34.4. The summed E-state index contributed by atoms with van der Waals surface area (Å²) in [5, 5.41) is 7.77. The molecule has 5 aromatic rings. The highest BCUT2D eigenvalue weighted by Gasteiger charge is 2.38. The van der Waals surface area contributed by atoms with Crippen molar-refractivity contribution < 1.29 is 4.79 Å². The van der Waals surface area contributed by atoms with Crippen LogP contribution in [0.15, 0.2) is 133 Å². The summed E-state index contributed by atoms with van der Waals surface area (Å²) >= 11 is 6.07. The minimum absolute atomic E-state index is 0.00214. The average Bonchev–Trinajstić information content (AvgIpc) is 3.57. The van der Waals surface area contributed by atoms with Crippen LogP contribution >= 0.6 is 12.2 Å². The van der Waals surface area contributed by atoms with E-state index in [1.54, 1.807) is 0 Å². The number of carbonyl (C=O) groups is 1. The first-order chi connectivity index (χ1) is 23.7. The van der Waals surface area contributed by atoms with Gasteiger partial charge in [-0.05, 0) is 64.9 Å². The largest absolute Gasteiger partial charge is 0.358 e. The van der Waals surface area contributed by atoms with Crippen molar-refractivity contribution >= 4 is 23.2 Å². The van der Waals surface area contributed by atoms with E-state index < -0.39 is 11.5 Å². The van der Waals surface area contributed by atoms with E-state index in [4.69, 9.17) is 12.2 Å². The first-order valence-corrected chi connectivity index (χ1v) is 17.9. The Bertz CT molecular complexity index is 1720. The lowest BCUT2D eigenvalue weighted by molar-refractivity contribution is -0.135. The van der Waals surface area contributed by atoms with Crippen LogP contribution in [0.3, 0.4) is 0 Å². The molecule has 1 aliphatic carbocycles. The summed E-state index contributed by atoms with van der Waals surface area (Å²) in [6, 6.07) is 45.8. The van der Waals surface area contributed by atoms with E-state index in [9.17, 15) is 4.79 Å². The van der Waals surface area contributed by atoms with Gasteiger partial charge in [-0.2, -0.15) is 0 Å². The van der Waals surface area contributed by atoms with Crippen molar-refractivity contribution in [2.75, 3.05) is 7.05 Å². The number of hydrogen-bond donors (Lipinski definition) is 2. The number of rotatable bonds is 9. The zero-order valence-electron chi connectivity index (χ0n) is 29.1. The summed E-state index contributed by atoms with van der Waals surface area (Å²) in [6.07, 6.45) is 4.30. The smallest absolute Gasteiger partial charge is 0.246 e. The molecule has 1 aliphatic rings. The van der Waals surface area contributed by atoms with Crippen molar-refractivity contribution in [1.29, 1.82) is 0 Å². The van der Waals surface area contributed by atoms with Gasteiger partial charge in [-0.25, -0.2) is 0 Å². The van der Waals surface area contributed by atoms with E-state index in [1.165, 1.54) is 22.5 Å². The third-order valence-electron chi connectivity index (χ3n) is 9.79. The minimum atomic E-state index is -0.541. The number of hydrogen-bond acceptors (Lipinski definition) is 2. The minimum Gasteiger partial charge on any atom is -0.358 e. The van der Waals surface area contributed by atoms with Gasteiger partial charge < -0.3 is 20.1 Å². The van der Waals surface area contributed by atoms with E-state index in [-0.39, 0.29) is 24.0 Å². The average molecular weight is 669 g/mol.